The Morgan fingerprint density at radius 2 is 1.88 bits per heavy atom. The molecule has 0 aliphatic carbocycles. The number of hydrogen-bond acceptors (Lipinski definition) is 5. The highest BCUT2D eigenvalue weighted by Gasteiger charge is 2.16. The van der Waals surface area contributed by atoms with Crippen LogP contribution in [0.2, 0.25) is 5.02 Å². The first-order chi connectivity index (χ1) is 11.8. The maximum absolute atomic E-state index is 12.8. The molecular weight excluding hydrogens is 373 g/mol. The van der Waals surface area contributed by atoms with E-state index in [1.54, 1.807) is 18.2 Å². The number of hydrogen-bond donors (Lipinski definition) is 1. The SMILES string of the molecule is COc1ccc(Cl)cc1COC(=O)CNS(=O)(=O)c1ccc(F)cc1. The number of rotatable bonds is 7. The van der Waals surface area contributed by atoms with E-state index < -0.39 is 28.4 Å². The van der Waals surface area contributed by atoms with E-state index >= 15 is 0 Å². The van der Waals surface area contributed by atoms with Crippen LogP contribution in [0.15, 0.2) is 47.4 Å². The second-order valence-corrected chi connectivity index (χ2v) is 7.10. The summed E-state index contributed by atoms with van der Waals surface area (Å²) in [7, 11) is -2.47. The molecule has 2 rings (SSSR count). The molecule has 0 unspecified atom stereocenters. The Kier molecular flexibility index (Phi) is 6.35. The highest BCUT2D eigenvalue weighted by molar-refractivity contribution is 7.89. The van der Waals surface area contributed by atoms with Gasteiger partial charge in [-0.15, -0.1) is 0 Å². The summed E-state index contributed by atoms with van der Waals surface area (Å²) in [4.78, 5) is 11.6. The van der Waals surface area contributed by atoms with Crippen molar-refractivity contribution in [3.8, 4) is 5.75 Å². The van der Waals surface area contributed by atoms with E-state index in [9.17, 15) is 17.6 Å². The van der Waals surface area contributed by atoms with Gasteiger partial charge in [0.2, 0.25) is 10.0 Å². The lowest BCUT2D eigenvalue weighted by Gasteiger charge is -2.10. The van der Waals surface area contributed by atoms with E-state index in [0.29, 0.717) is 16.3 Å². The average Bonchev–Trinajstić information content (AvgIpc) is 2.59. The van der Waals surface area contributed by atoms with Gasteiger partial charge in [-0.05, 0) is 42.5 Å². The van der Waals surface area contributed by atoms with E-state index in [2.05, 4.69) is 4.72 Å². The summed E-state index contributed by atoms with van der Waals surface area (Å²) in [6.07, 6.45) is 0. The Bertz CT molecular complexity index is 855. The van der Waals surface area contributed by atoms with Crippen molar-refractivity contribution in [2.24, 2.45) is 0 Å². The van der Waals surface area contributed by atoms with Crippen LogP contribution in [0.5, 0.6) is 5.75 Å². The molecule has 2 aromatic rings. The van der Waals surface area contributed by atoms with Gasteiger partial charge in [-0.2, -0.15) is 4.72 Å². The molecule has 0 saturated carbocycles. The smallest absolute Gasteiger partial charge is 0.321 e. The minimum Gasteiger partial charge on any atom is -0.496 e. The number of benzene rings is 2. The van der Waals surface area contributed by atoms with Gasteiger partial charge in [0.1, 0.15) is 24.7 Å². The normalized spacial score (nSPS) is 11.2. The molecule has 1 N–H and O–H groups in total. The van der Waals surface area contributed by atoms with Crippen molar-refractivity contribution in [2.75, 3.05) is 13.7 Å². The predicted molar refractivity (Wildman–Crippen MR) is 89.4 cm³/mol. The zero-order chi connectivity index (χ0) is 18.4. The molecule has 9 heteroatoms. The molecule has 6 nitrogen and oxygen atoms in total. The summed E-state index contributed by atoms with van der Waals surface area (Å²) in [5.41, 5.74) is 0.546. The molecule has 0 bridgehead atoms. The molecule has 0 aliphatic heterocycles. The maximum atomic E-state index is 12.8. The van der Waals surface area contributed by atoms with Crippen molar-refractivity contribution in [3.05, 3.63) is 58.9 Å². The first-order valence-electron chi connectivity index (χ1n) is 7.05. The number of carbonyl (C=O) groups is 1. The maximum Gasteiger partial charge on any atom is 0.321 e. The van der Waals surface area contributed by atoms with Crippen LogP contribution in [-0.2, 0) is 26.2 Å². The van der Waals surface area contributed by atoms with Crippen LogP contribution < -0.4 is 9.46 Å². The second kappa shape index (κ2) is 8.28. The Morgan fingerprint density at radius 1 is 1.20 bits per heavy atom. The summed E-state index contributed by atoms with van der Waals surface area (Å²) < 4.78 is 49.0. The van der Waals surface area contributed by atoms with Crippen LogP contribution in [0.3, 0.4) is 0 Å². The lowest BCUT2D eigenvalue weighted by atomic mass is 10.2. The number of halogens is 2. The van der Waals surface area contributed by atoms with Crippen molar-refractivity contribution < 1.29 is 27.1 Å². The van der Waals surface area contributed by atoms with Gasteiger partial charge in [-0.1, -0.05) is 11.6 Å². The van der Waals surface area contributed by atoms with Gasteiger partial charge in [0, 0.05) is 10.6 Å². The van der Waals surface area contributed by atoms with Crippen LogP contribution >= 0.6 is 11.6 Å². The number of nitrogens with one attached hydrogen (secondary N) is 1. The molecule has 0 aliphatic rings. The van der Waals surface area contributed by atoms with Crippen LogP contribution in [0, 0.1) is 5.82 Å². The molecule has 0 saturated heterocycles. The molecule has 0 aromatic heterocycles. The molecule has 2 aromatic carbocycles. The molecule has 25 heavy (non-hydrogen) atoms. The highest BCUT2D eigenvalue weighted by atomic mass is 35.5. The van der Waals surface area contributed by atoms with Crippen LogP contribution in [0.1, 0.15) is 5.56 Å². The minimum atomic E-state index is -3.94. The topological polar surface area (TPSA) is 81.7 Å². The molecule has 0 fully saturated rings. The molecule has 0 spiro atoms. The molecule has 134 valence electrons. The summed E-state index contributed by atoms with van der Waals surface area (Å²) in [6, 6.07) is 9.05. The van der Waals surface area contributed by atoms with E-state index in [-0.39, 0.29) is 11.5 Å². The summed E-state index contributed by atoms with van der Waals surface area (Å²) in [5, 5.41) is 0.448. The number of ether oxygens (including phenoxy) is 2. The van der Waals surface area contributed by atoms with E-state index in [4.69, 9.17) is 21.1 Å². The molecule has 0 radical (unpaired) electrons. The molecule has 0 atom stereocenters. The lowest BCUT2D eigenvalue weighted by molar-refractivity contribution is -0.143. The van der Waals surface area contributed by atoms with E-state index in [1.165, 1.54) is 7.11 Å². The fraction of sp³-hybridized carbons (Fsp3) is 0.188. The van der Waals surface area contributed by atoms with Crippen molar-refractivity contribution in [2.45, 2.75) is 11.5 Å². The van der Waals surface area contributed by atoms with Crippen LogP contribution in [0.4, 0.5) is 4.39 Å². The average molecular weight is 388 g/mol. The van der Waals surface area contributed by atoms with Gasteiger partial charge in [-0.3, -0.25) is 4.79 Å². The van der Waals surface area contributed by atoms with Gasteiger partial charge < -0.3 is 9.47 Å². The second-order valence-electron chi connectivity index (χ2n) is 4.90. The first-order valence-corrected chi connectivity index (χ1v) is 8.91. The third-order valence-corrected chi connectivity index (χ3v) is 4.81. The van der Waals surface area contributed by atoms with Crippen LogP contribution in [-0.4, -0.2) is 28.0 Å². The fourth-order valence-electron chi connectivity index (χ4n) is 1.92. The van der Waals surface area contributed by atoms with Gasteiger partial charge in [-0.25, -0.2) is 12.8 Å². The zero-order valence-corrected chi connectivity index (χ0v) is 14.7. The Morgan fingerprint density at radius 3 is 2.52 bits per heavy atom. The molecular formula is C16H15ClFNO5S. The van der Waals surface area contributed by atoms with E-state index in [1.807, 2.05) is 0 Å². The molecule has 0 heterocycles. The van der Waals surface area contributed by atoms with Gasteiger partial charge in [0.25, 0.3) is 0 Å². The number of carbonyl (C=O) groups excluding carboxylic acids is 1. The monoisotopic (exact) mass is 387 g/mol. The van der Waals surface area contributed by atoms with Gasteiger partial charge in [0.15, 0.2) is 0 Å². The predicted octanol–water partition coefficient (Wildman–Crippen LogP) is 2.51. The Hall–Kier alpha value is -2.16. The number of sulfonamides is 1. The lowest BCUT2D eigenvalue weighted by Crippen LogP contribution is -2.30. The van der Waals surface area contributed by atoms with Crippen LogP contribution in [0.25, 0.3) is 0 Å². The third-order valence-electron chi connectivity index (χ3n) is 3.16. The fourth-order valence-corrected chi connectivity index (χ4v) is 3.08. The zero-order valence-electron chi connectivity index (χ0n) is 13.2. The molecule has 0 amide bonds. The summed E-state index contributed by atoms with van der Waals surface area (Å²) in [5.74, 6) is -0.856. The van der Waals surface area contributed by atoms with Gasteiger partial charge >= 0.3 is 5.97 Å². The highest BCUT2D eigenvalue weighted by Crippen LogP contribution is 2.23. The number of methoxy groups -OCH3 is 1. The Balaban J connectivity index is 1.92. The Labute approximate surface area is 149 Å². The largest absolute Gasteiger partial charge is 0.496 e. The van der Waals surface area contributed by atoms with Gasteiger partial charge in [0.05, 0.1) is 12.0 Å². The quantitative estimate of drug-likeness (QED) is 0.738. The first kappa shape index (κ1) is 19.2. The standard InChI is InChI=1S/C16H15ClFNO5S/c1-23-15-7-2-12(17)8-11(15)10-24-16(20)9-19-25(21,22)14-5-3-13(18)4-6-14/h2-8,19H,9-10H2,1H3. The number of esters is 1. The van der Waals surface area contributed by atoms with E-state index in [0.717, 1.165) is 24.3 Å². The van der Waals surface area contributed by atoms with Crippen molar-refractivity contribution in [3.63, 3.8) is 0 Å². The van der Waals surface area contributed by atoms with Crippen molar-refractivity contribution in [1.29, 1.82) is 0 Å². The minimum absolute atomic E-state index is 0.124. The summed E-state index contributed by atoms with van der Waals surface area (Å²) >= 11 is 5.87. The summed E-state index contributed by atoms with van der Waals surface area (Å²) in [6.45, 7) is -0.691. The third kappa shape index (κ3) is 5.42. The van der Waals surface area contributed by atoms with Crippen molar-refractivity contribution in [1.82, 2.24) is 4.72 Å². The van der Waals surface area contributed by atoms with Crippen molar-refractivity contribution >= 4 is 27.6 Å².